The fourth-order valence-corrected chi connectivity index (χ4v) is 1.91. The highest BCUT2D eigenvalue weighted by Gasteiger charge is 2.09. The number of hydrogen-bond acceptors (Lipinski definition) is 3. The molecule has 2 aromatic heterocycles. The molecule has 3 nitrogen and oxygen atoms in total. The Morgan fingerprint density at radius 2 is 2.06 bits per heavy atom. The Bertz CT molecular complexity index is 749. The van der Waals surface area contributed by atoms with Gasteiger partial charge in [-0.25, -0.2) is 0 Å². The minimum atomic E-state index is -0.0823. The van der Waals surface area contributed by atoms with Gasteiger partial charge in [-0.15, -0.1) is 0 Å². The molecule has 0 aliphatic rings. The van der Waals surface area contributed by atoms with Gasteiger partial charge in [-0.05, 0) is 18.2 Å². The Balaban J connectivity index is 2.67. The van der Waals surface area contributed by atoms with Gasteiger partial charge in [0.15, 0.2) is 11.2 Å². The number of halogens is 1. The first-order valence-corrected chi connectivity index (χ1v) is 5.10. The number of hydrogen-bond donors (Lipinski definition) is 0. The average Bonchev–Trinajstić information content (AvgIpc) is 2.31. The predicted molar refractivity (Wildman–Crippen MR) is 62.8 cm³/mol. The monoisotopic (exact) mass is 231 g/mol. The second-order valence-corrected chi connectivity index (χ2v) is 3.83. The minimum absolute atomic E-state index is 0.0823. The molecule has 0 fully saturated rings. The number of nitrogens with zero attached hydrogens (tertiary/aromatic N) is 1. The summed E-state index contributed by atoms with van der Waals surface area (Å²) >= 11 is 5.98. The maximum Gasteiger partial charge on any atom is 0.200 e. The van der Waals surface area contributed by atoms with E-state index < -0.39 is 0 Å². The highest BCUT2D eigenvalue weighted by Crippen LogP contribution is 2.24. The zero-order chi connectivity index (χ0) is 11.1. The third-order valence-corrected chi connectivity index (χ3v) is 2.75. The van der Waals surface area contributed by atoms with Crippen molar-refractivity contribution in [1.82, 2.24) is 4.98 Å². The normalized spacial score (nSPS) is 11.1. The lowest BCUT2D eigenvalue weighted by molar-refractivity contribution is 0.658. The first-order valence-electron chi connectivity index (χ1n) is 4.72. The summed E-state index contributed by atoms with van der Waals surface area (Å²) in [6.07, 6.45) is 3.08. The smallest absolute Gasteiger partial charge is 0.200 e. The van der Waals surface area contributed by atoms with E-state index in [2.05, 4.69) is 4.98 Å². The van der Waals surface area contributed by atoms with E-state index in [0.29, 0.717) is 27.0 Å². The van der Waals surface area contributed by atoms with Crippen LogP contribution in [0, 0.1) is 0 Å². The van der Waals surface area contributed by atoms with Gasteiger partial charge >= 0.3 is 0 Å². The van der Waals surface area contributed by atoms with E-state index >= 15 is 0 Å². The summed E-state index contributed by atoms with van der Waals surface area (Å²) in [5.74, 6) is 0. The topological polar surface area (TPSA) is 43.1 Å². The van der Waals surface area contributed by atoms with E-state index in [1.54, 1.807) is 30.5 Å². The first kappa shape index (κ1) is 9.36. The van der Waals surface area contributed by atoms with Crippen LogP contribution in [0.1, 0.15) is 0 Å². The van der Waals surface area contributed by atoms with Crippen molar-refractivity contribution in [2.24, 2.45) is 0 Å². The largest absolute Gasteiger partial charge is 0.453 e. The zero-order valence-corrected chi connectivity index (χ0v) is 8.86. The van der Waals surface area contributed by atoms with Crippen LogP contribution >= 0.6 is 11.6 Å². The van der Waals surface area contributed by atoms with Crippen LogP contribution < -0.4 is 5.43 Å². The van der Waals surface area contributed by atoms with Crippen molar-refractivity contribution >= 4 is 33.5 Å². The molecule has 3 aromatic rings. The molecule has 0 atom stereocenters. The van der Waals surface area contributed by atoms with Gasteiger partial charge in [-0.2, -0.15) is 0 Å². The van der Waals surface area contributed by atoms with E-state index in [4.69, 9.17) is 16.0 Å². The van der Waals surface area contributed by atoms with E-state index in [0.717, 1.165) is 0 Å². The predicted octanol–water partition coefficient (Wildman–Crippen LogP) is 2.99. The second kappa shape index (κ2) is 3.32. The third kappa shape index (κ3) is 1.22. The lowest BCUT2D eigenvalue weighted by Gasteiger charge is -2.01. The van der Waals surface area contributed by atoms with Crippen molar-refractivity contribution in [2.75, 3.05) is 0 Å². The van der Waals surface area contributed by atoms with Crippen molar-refractivity contribution in [3.63, 3.8) is 0 Å². The molecule has 0 spiro atoms. The highest BCUT2D eigenvalue weighted by molar-refractivity contribution is 6.34. The summed E-state index contributed by atoms with van der Waals surface area (Å²) in [6, 6.07) is 6.76. The van der Waals surface area contributed by atoms with Gasteiger partial charge in [-0.1, -0.05) is 17.7 Å². The maximum absolute atomic E-state index is 12.1. The fraction of sp³-hybridized carbons (Fsp3) is 0. The van der Waals surface area contributed by atoms with Crippen LogP contribution in [0.25, 0.3) is 21.9 Å². The number of pyridine rings is 1. The van der Waals surface area contributed by atoms with Crippen molar-refractivity contribution in [3.8, 4) is 0 Å². The van der Waals surface area contributed by atoms with Gasteiger partial charge in [0.05, 0.1) is 22.0 Å². The van der Waals surface area contributed by atoms with Gasteiger partial charge in [-0.3, -0.25) is 9.78 Å². The molecule has 2 heterocycles. The van der Waals surface area contributed by atoms with Gasteiger partial charge in [0.25, 0.3) is 0 Å². The lowest BCUT2D eigenvalue weighted by atomic mass is 10.2. The molecule has 0 aliphatic carbocycles. The standard InChI is InChI=1S/C12H6ClNO2/c13-9-3-1-2-8-11(15)7-4-5-14-6-10(7)16-12(8)9/h1-6H. The molecular formula is C12H6ClNO2. The van der Waals surface area contributed by atoms with Crippen molar-refractivity contribution in [2.45, 2.75) is 0 Å². The summed E-state index contributed by atoms with van der Waals surface area (Å²) in [4.78, 5) is 16.0. The summed E-state index contributed by atoms with van der Waals surface area (Å²) < 4.78 is 5.56. The Labute approximate surface area is 95.3 Å². The number of rotatable bonds is 0. The molecule has 0 saturated carbocycles. The molecule has 0 unspecified atom stereocenters. The zero-order valence-electron chi connectivity index (χ0n) is 8.11. The highest BCUT2D eigenvalue weighted by atomic mass is 35.5. The molecule has 16 heavy (non-hydrogen) atoms. The van der Waals surface area contributed by atoms with Crippen LogP contribution in [-0.2, 0) is 0 Å². The Morgan fingerprint density at radius 3 is 2.94 bits per heavy atom. The molecule has 4 heteroatoms. The van der Waals surface area contributed by atoms with Crippen molar-refractivity contribution in [3.05, 3.63) is 51.9 Å². The van der Waals surface area contributed by atoms with Gasteiger partial charge in [0.2, 0.25) is 5.43 Å². The number of fused-ring (bicyclic) bond motifs is 2. The molecule has 0 aliphatic heterocycles. The summed E-state index contributed by atoms with van der Waals surface area (Å²) in [7, 11) is 0. The van der Waals surface area contributed by atoms with E-state index in [-0.39, 0.29) is 5.43 Å². The molecule has 0 saturated heterocycles. The molecule has 0 N–H and O–H groups in total. The van der Waals surface area contributed by atoms with E-state index in [1.165, 1.54) is 6.20 Å². The van der Waals surface area contributed by atoms with E-state index in [9.17, 15) is 4.79 Å². The van der Waals surface area contributed by atoms with Gasteiger partial charge < -0.3 is 4.42 Å². The first-order chi connectivity index (χ1) is 7.77. The summed E-state index contributed by atoms with van der Waals surface area (Å²) in [5.41, 5.74) is 0.781. The Hall–Kier alpha value is -1.87. The molecule has 0 amide bonds. The quantitative estimate of drug-likeness (QED) is 0.559. The number of benzene rings is 1. The lowest BCUT2D eigenvalue weighted by Crippen LogP contribution is -2.02. The van der Waals surface area contributed by atoms with Crippen molar-refractivity contribution < 1.29 is 4.42 Å². The average molecular weight is 232 g/mol. The Kier molecular flexibility index (Phi) is 1.94. The van der Waals surface area contributed by atoms with Crippen molar-refractivity contribution in [1.29, 1.82) is 0 Å². The summed E-state index contributed by atoms with van der Waals surface area (Å²) in [6.45, 7) is 0. The van der Waals surface area contributed by atoms with Gasteiger partial charge in [0, 0.05) is 6.20 Å². The SMILES string of the molecule is O=c1c2ccncc2oc2c(Cl)cccc12. The fourth-order valence-electron chi connectivity index (χ4n) is 1.70. The Morgan fingerprint density at radius 1 is 1.19 bits per heavy atom. The van der Waals surface area contributed by atoms with Crippen LogP contribution in [0.4, 0.5) is 0 Å². The van der Waals surface area contributed by atoms with Crippen LogP contribution in [0.2, 0.25) is 5.02 Å². The number of aromatic nitrogens is 1. The minimum Gasteiger partial charge on any atom is -0.453 e. The number of para-hydroxylation sites is 1. The van der Waals surface area contributed by atoms with Crippen LogP contribution in [-0.4, -0.2) is 4.98 Å². The molecule has 1 aromatic carbocycles. The third-order valence-electron chi connectivity index (χ3n) is 2.45. The maximum atomic E-state index is 12.1. The molecule has 78 valence electrons. The van der Waals surface area contributed by atoms with Crippen LogP contribution in [0.5, 0.6) is 0 Å². The van der Waals surface area contributed by atoms with E-state index in [1.807, 2.05) is 0 Å². The molecular weight excluding hydrogens is 226 g/mol. The molecule has 0 bridgehead atoms. The van der Waals surface area contributed by atoms with Gasteiger partial charge in [0.1, 0.15) is 0 Å². The van der Waals surface area contributed by atoms with Crippen LogP contribution in [0.15, 0.2) is 45.9 Å². The molecule has 0 radical (unpaired) electrons. The second-order valence-electron chi connectivity index (χ2n) is 3.42. The molecule has 3 rings (SSSR count). The van der Waals surface area contributed by atoms with Crippen LogP contribution in [0.3, 0.4) is 0 Å². The summed E-state index contributed by atoms with van der Waals surface area (Å²) in [5, 5.41) is 1.44.